The summed E-state index contributed by atoms with van der Waals surface area (Å²) in [6.45, 7) is 5.77. The second-order valence-electron chi connectivity index (χ2n) is 11.4. The highest BCUT2D eigenvalue weighted by Crippen LogP contribution is 2.60. The Balaban J connectivity index is 1.74. The molecule has 0 radical (unpaired) electrons. The molecule has 1 atom stereocenters. The van der Waals surface area contributed by atoms with Gasteiger partial charge in [0.25, 0.3) is 0 Å². The molecule has 3 heterocycles. The third-order valence-corrected chi connectivity index (χ3v) is 10.9. The van der Waals surface area contributed by atoms with E-state index in [-0.39, 0.29) is 25.7 Å². The molecule has 0 spiro atoms. The number of fused-ring (bicyclic) bond motifs is 2. The van der Waals surface area contributed by atoms with Crippen molar-refractivity contribution < 1.29 is 14.3 Å². The number of carbonyl (C=O) groups excluding carboxylic acids is 1. The summed E-state index contributed by atoms with van der Waals surface area (Å²) in [7, 11) is 1.60. The van der Waals surface area contributed by atoms with Crippen molar-refractivity contribution in [3.8, 4) is 28.0 Å². The van der Waals surface area contributed by atoms with Crippen molar-refractivity contribution in [1.29, 1.82) is 0 Å². The summed E-state index contributed by atoms with van der Waals surface area (Å²) in [5.41, 5.74) is 5.33. The molecule has 0 saturated carbocycles. The van der Waals surface area contributed by atoms with E-state index in [1.54, 1.807) is 7.11 Å². The molecule has 4 aromatic carbocycles. The van der Waals surface area contributed by atoms with Crippen LogP contribution < -0.4 is 9.64 Å². The smallest absolute Gasteiger partial charge is 0.341 e. The number of pyridine rings is 1. The number of aromatic nitrogens is 1. The molecule has 0 fully saturated rings. The Labute approximate surface area is 299 Å². The Hall–Kier alpha value is -4.13. The average Bonchev–Trinajstić information content (AvgIpc) is 3.64. The Bertz CT molecular complexity index is 2200. The lowest BCUT2D eigenvalue weighted by atomic mass is 9.78. The van der Waals surface area contributed by atoms with Crippen molar-refractivity contribution >= 4 is 63.6 Å². The van der Waals surface area contributed by atoms with Crippen LogP contribution in [0.4, 0.5) is 5.69 Å². The highest BCUT2D eigenvalue weighted by atomic mass is 35.5. The molecule has 2 aromatic heterocycles. The summed E-state index contributed by atoms with van der Waals surface area (Å²) in [5, 5.41) is 0.0332. The number of nitrogens with zero attached hydrogens (tertiary/aromatic N) is 2. The van der Waals surface area contributed by atoms with Gasteiger partial charge in [-0.1, -0.05) is 113 Å². The van der Waals surface area contributed by atoms with Crippen LogP contribution >= 0.6 is 46.4 Å². The lowest BCUT2D eigenvalue weighted by Crippen LogP contribution is -2.33. The zero-order chi connectivity index (χ0) is 33.7. The fourth-order valence-electron chi connectivity index (χ4n) is 6.97. The van der Waals surface area contributed by atoms with E-state index in [9.17, 15) is 4.79 Å². The van der Waals surface area contributed by atoms with Crippen LogP contribution in [-0.4, -0.2) is 30.6 Å². The largest absolute Gasteiger partial charge is 0.496 e. The predicted octanol–water partition coefficient (Wildman–Crippen LogP) is 11.2. The topological polar surface area (TPSA) is 43.2 Å². The number of benzene rings is 4. The maximum absolute atomic E-state index is 14.3. The normalized spacial score (nSPS) is 15.4. The van der Waals surface area contributed by atoms with Gasteiger partial charge in [0.15, 0.2) is 0 Å². The predicted molar refractivity (Wildman–Crippen MR) is 197 cm³/mol. The second kappa shape index (κ2) is 12.7. The lowest BCUT2D eigenvalue weighted by molar-refractivity contribution is 0.0232. The number of hydrogen-bond donors (Lipinski definition) is 0. The van der Waals surface area contributed by atoms with Crippen LogP contribution in [0.25, 0.3) is 27.8 Å². The van der Waals surface area contributed by atoms with E-state index in [1.807, 2.05) is 91.1 Å². The van der Waals surface area contributed by atoms with Crippen LogP contribution in [0.3, 0.4) is 0 Å². The molecule has 242 valence electrons. The van der Waals surface area contributed by atoms with Crippen LogP contribution in [0.1, 0.15) is 41.0 Å². The molecule has 1 aliphatic rings. The summed E-state index contributed by atoms with van der Waals surface area (Å²) < 4.78 is 14.9. The zero-order valence-electron chi connectivity index (χ0n) is 26.4. The first-order chi connectivity index (χ1) is 23.3. The minimum absolute atomic E-state index is 0.0213. The van der Waals surface area contributed by atoms with E-state index in [4.69, 9.17) is 55.9 Å². The van der Waals surface area contributed by atoms with Crippen molar-refractivity contribution in [2.24, 2.45) is 0 Å². The van der Waals surface area contributed by atoms with Gasteiger partial charge in [-0.3, -0.25) is 0 Å². The van der Waals surface area contributed by atoms with Gasteiger partial charge in [0.05, 0.1) is 44.0 Å². The first-order valence-corrected chi connectivity index (χ1v) is 17.1. The van der Waals surface area contributed by atoms with Gasteiger partial charge in [-0.25, -0.2) is 4.79 Å². The third kappa shape index (κ3) is 4.79. The van der Waals surface area contributed by atoms with Crippen molar-refractivity contribution in [2.45, 2.75) is 19.4 Å². The SMILES string of the molecule is CCN(CC)c1ccc(C2(c3c(-c4ccccc4)c(-c4ccccc4)c4ccccn34)OC(=O)c3c(Cl)c(Cl)c(Cl)c(Cl)c32)c(OC)c1. The number of methoxy groups -OCH3 is 1. The quantitative estimate of drug-likeness (QED) is 0.0894. The van der Waals surface area contributed by atoms with E-state index in [1.165, 1.54) is 0 Å². The molecule has 0 bridgehead atoms. The molecule has 9 heteroatoms. The molecule has 5 nitrogen and oxygen atoms in total. The number of halogens is 4. The van der Waals surface area contributed by atoms with E-state index in [0.717, 1.165) is 46.5 Å². The number of esters is 1. The Kier molecular flexibility index (Phi) is 8.59. The number of cyclic esters (lactones) is 1. The first-order valence-electron chi connectivity index (χ1n) is 15.6. The number of rotatable bonds is 8. The van der Waals surface area contributed by atoms with Gasteiger partial charge in [-0.2, -0.15) is 0 Å². The minimum atomic E-state index is -1.70. The molecule has 1 aliphatic heterocycles. The number of ether oxygens (including phenoxy) is 2. The van der Waals surface area contributed by atoms with Gasteiger partial charge >= 0.3 is 5.97 Å². The Morgan fingerprint density at radius 1 is 0.729 bits per heavy atom. The monoisotopic (exact) mass is 714 g/mol. The van der Waals surface area contributed by atoms with Crippen molar-refractivity contribution in [3.05, 3.63) is 146 Å². The fourth-order valence-corrected chi connectivity index (χ4v) is 8.04. The van der Waals surface area contributed by atoms with E-state index < -0.39 is 11.6 Å². The minimum Gasteiger partial charge on any atom is -0.496 e. The van der Waals surface area contributed by atoms with Crippen LogP contribution in [0.15, 0.2) is 103 Å². The number of carbonyl (C=O) groups is 1. The number of hydrogen-bond acceptors (Lipinski definition) is 4. The molecule has 7 rings (SSSR count). The van der Waals surface area contributed by atoms with Crippen molar-refractivity contribution in [3.63, 3.8) is 0 Å². The molecular weight excluding hydrogens is 686 g/mol. The highest BCUT2D eigenvalue weighted by molar-refractivity contribution is 6.53. The van der Waals surface area contributed by atoms with E-state index in [0.29, 0.717) is 22.6 Å². The molecule has 0 aliphatic carbocycles. The standard InChI is InChI=1S/C39H30Cl4N2O3/c1-4-44(5-2)25-19-20-26(28(22-25)47-3)39(32-31(38(46)48-39)33(40)35(42)36(43)34(32)41)37-30(24-16-10-7-11-17-24)29(23-14-8-6-9-15-23)27-18-12-13-21-45(27)37/h6-22H,4-5H2,1-3H3. The lowest BCUT2D eigenvalue weighted by Gasteiger charge is -2.34. The Morgan fingerprint density at radius 3 is 1.96 bits per heavy atom. The maximum atomic E-state index is 14.3. The molecule has 6 aromatic rings. The summed E-state index contributed by atoms with van der Waals surface area (Å²) in [6.07, 6.45) is 1.96. The van der Waals surface area contributed by atoms with Gasteiger partial charge in [0.2, 0.25) is 5.60 Å². The van der Waals surface area contributed by atoms with Gasteiger partial charge < -0.3 is 18.8 Å². The second-order valence-corrected chi connectivity index (χ2v) is 12.9. The fraction of sp³-hybridized carbons (Fsp3) is 0.154. The third-order valence-electron chi connectivity index (χ3n) is 9.06. The van der Waals surface area contributed by atoms with Crippen LogP contribution in [0, 0.1) is 0 Å². The number of anilines is 1. The molecule has 0 N–H and O–H groups in total. The van der Waals surface area contributed by atoms with Crippen molar-refractivity contribution in [1.82, 2.24) is 4.40 Å². The summed E-state index contributed by atoms with van der Waals surface area (Å²) >= 11 is 27.4. The van der Waals surface area contributed by atoms with Crippen LogP contribution in [0.2, 0.25) is 20.1 Å². The first kappa shape index (κ1) is 32.4. The highest BCUT2D eigenvalue weighted by Gasteiger charge is 2.56. The van der Waals surface area contributed by atoms with Gasteiger partial charge in [0.1, 0.15) is 5.75 Å². The van der Waals surface area contributed by atoms with Gasteiger partial charge in [0, 0.05) is 53.3 Å². The molecule has 0 saturated heterocycles. The molecule has 1 unspecified atom stereocenters. The average molecular weight is 716 g/mol. The maximum Gasteiger partial charge on any atom is 0.341 e. The van der Waals surface area contributed by atoms with Crippen LogP contribution in [0.5, 0.6) is 5.75 Å². The summed E-state index contributed by atoms with van der Waals surface area (Å²) in [6, 6.07) is 32.0. The zero-order valence-corrected chi connectivity index (χ0v) is 29.4. The Morgan fingerprint density at radius 2 is 1.33 bits per heavy atom. The van der Waals surface area contributed by atoms with E-state index >= 15 is 0 Å². The molecule has 48 heavy (non-hydrogen) atoms. The summed E-state index contributed by atoms with van der Waals surface area (Å²) in [4.78, 5) is 16.5. The van der Waals surface area contributed by atoms with Gasteiger partial charge in [-0.05, 0) is 49.2 Å². The van der Waals surface area contributed by atoms with Gasteiger partial charge in [-0.15, -0.1) is 0 Å². The molecular formula is C39H30Cl4N2O3. The van der Waals surface area contributed by atoms with E-state index in [2.05, 4.69) is 35.3 Å². The van der Waals surface area contributed by atoms with Crippen LogP contribution in [-0.2, 0) is 10.3 Å². The summed E-state index contributed by atoms with van der Waals surface area (Å²) in [5.74, 6) is -0.194. The molecule has 0 amide bonds. The van der Waals surface area contributed by atoms with Crippen molar-refractivity contribution in [2.75, 3.05) is 25.1 Å².